The van der Waals surface area contributed by atoms with Crippen LogP contribution in [-0.4, -0.2) is 12.5 Å². The Morgan fingerprint density at radius 1 is 1.42 bits per heavy atom. The van der Waals surface area contributed by atoms with Gasteiger partial charge in [0.15, 0.2) is 0 Å². The zero-order chi connectivity index (χ0) is 8.77. The molecule has 2 heteroatoms. The van der Waals surface area contributed by atoms with Crippen molar-refractivity contribution in [1.29, 1.82) is 0 Å². The van der Waals surface area contributed by atoms with E-state index in [1.807, 2.05) is 6.41 Å². The van der Waals surface area contributed by atoms with Gasteiger partial charge in [-0.05, 0) is 36.5 Å². The Morgan fingerprint density at radius 2 is 2.17 bits per heavy atom. The van der Waals surface area contributed by atoms with Gasteiger partial charge in [-0.3, -0.25) is 4.79 Å². The fourth-order valence-electron chi connectivity index (χ4n) is 3.06. The predicted molar refractivity (Wildman–Crippen MR) is 47.2 cm³/mol. The molecule has 0 aromatic heterocycles. The van der Waals surface area contributed by atoms with Gasteiger partial charge in [-0.25, -0.2) is 0 Å². The van der Waals surface area contributed by atoms with Crippen molar-refractivity contribution in [2.45, 2.75) is 39.2 Å². The molecule has 2 bridgehead atoms. The van der Waals surface area contributed by atoms with Crippen LogP contribution in [0.4, 0.5) is 0 Å². The van der Waals surface area contributed by atoms with Crippen LogP contribution < -0.4 is 5.32 Å². The van der Waals surface area contributed by atoms with Gasteiger partial charge in [0.2, 0.25) is 0 Å². The Kier molecular flexibility index (Phi) is 1.67. The third kappa shape index (κ3) is 0.900. The highest BCUT2D eigenvalue weighted by Gasteiger charge is 2.54. The van der Waals surface area contributed by atoms with E-state index >= 15 is 0 Å². The number of nitrogens with one attached hydrogen (secondary N) is 1. The molecule has 0 aromatic rings. The van der Waals surface area contributed by atoms with Crippen molar-refractivity contribution in [2.75, 3.05) is 0 Å². The van der Waals surface area contributed by atoms with Crippen molar-refractivity contribution in [3.8, 4) is 0 Å². The van der Waals surface area contributed by atoms with E-state index in [9.17, 15) is 4.79 Å². The molecule has 12 heavy (non-hydrogen) atoms. The molecule has 1 N–H and O–H groups in total. The zero-order valence-electron chi connectivity index (χ0n) is 7.76. The number of rotatable bonds is 2. The highest BCUT2D eigenvalue weighted by molar-refractivity contribution is 5.48. The maximum Gasteiger partial charge on any atom is 0.309 e. The monoisotopic (exact) mass is 166 g/mol. The molecule has 3 unspecified atom stereocenters. The molecule has 3 atom stereocenters. The zero-order valence-corrected chi connectivity index (χ0v) is 7.76. The summed E-state index contributed by atoms with van der Waals surface area (Å²) < 4.78 is 0. The van der Waals surface area contributed by atoms with Crippen molar-refractivity contribution in [3.63, 3.8) is 0 Å². The summed E-state index contributed by atoms with van der Waals surface area (Å²) in [5.41, 5.74) is 0.465. The molecule has 0 spiro atoms. The van der Waals surface area contributed by atoms with Gasteiger partial charge in [0.05, 0.1) is 0 Å². The second-order valence-electron chi connectivity index (χ2n) is 4.79. The third-order valence-corrected chi connectivity index (χ3v) is 4.10. The van der Waals surface area contributed by atoms with Crippen LogP contribution in [0.15, 0.2) is 0 Å². The highest BCUT2D eigenvalue weighted by atomic mass is 16.1. The molecule has 67 valence electrons. The standard InChI is InChI=1S/C10H16NO/c1-10(2)7-3-4-9(11-6-12)8(10)5-7/h7-9H,3-5H2,1-2H3,(H,11,12). The molecule has 3 fully saturated rings. The van der Waals surface area contributed by atoms with Crippen molar-refractivity contribution in [1.82, 2.24) is 5.32 Å². The largest absolute Gasteiger partial charge is 0.345 e. The van der Waals surface area contributed by atoms with E-state index in [4.69, 9.17) is 0 Å². The maximum atomic E-state index is 10.2. The van der Waals surface area contributed by atoms with Crippen LogP contribution in [0, 0.1) is 17.3 Å². The van der Waals surface area contributed by atoms with E-state index in [1.165, 1.54) is 12.8 Å². The minimum absolute atomic E-state index is 0.405. The SMILES string of the molecule is CC1(C)C2CCC(N[C]=O)C1C2. The number of fused-ring (bicyclic) bond motifs is 2. The molecule has 3 saturated carbocycles. The molecular weight excluding hydrogens is 150 g/mol. The van der Waals surface area contributed by atoms with Gasteiger partial charge in [-0.15, -0.1) is 0 Å². The highest BCUT2D eigenvalue weighted by Crippen LogP contribution is 2.58. The summed E-state index contributed by atoms with van der Waals surface area (Å²) in [7, 11) is 0. The lowest BCUT2D eigenvalue weighted by molar-refractivity contribution is -0.0826. The smallest absolute Gasteiger partial charge is 0.309 e. The second kappa shape index (κ2) is 2.48. The maximum absolute atomic E-state index is 10.2. The third-order valence-electron chi connectivity index (χ3n) is 4.10. The summed E-state index contributed by atoms with van der Waals surface area (Å²) in [6.07, 6.45) is 5.58. The van der Waals surface area contributed by atoms with Gasteiger partial charge in [0.25, 0.3) is 0 Å². The molecule has 0 saturated heterocycles. The Morgan fingerprint density at radius 3 is 2.67 bits per heavy atom. The van der Waals surface area contributed by atoms with Gasteiger partial charge in [-0.1, -0.05) is 13.8 Å². The van der Waals surface area contributed by atoms with Crippen LogP contribution in [0.2, 0.25) is 0 Å². The average Bonchev–Trinajstić information content (AvgIpc) is 2.05. The van der Waals surface area contributed by atoms with Crippen molar-refractivity contribution in [3.05, 3.63) is 0 Å². The van der Waals surface area contributed by atoms with Crippen molar-refractivity contribution >= 4 is 6.41 Å². The summed E-state index contributed by atoms with van der Waals surface area (Å²) in [5, 5.41) is 2.82. The first kappa shape index (κ1) is 8.09. The van der Waals surface area contributed by atoms with Crippen LogP contribution >= 0.6 is 0 Å². The van der Waals surface area contributed by atoms with Crippen LogP contribution in [0.25, 0.3) is 0 Å². The number of hydrogen-bond acceptors (Lipinski definition) is 1. The number of amides is 1. The van der Waals surface area contributed by atoms with E-state index in [0.29, 0.717) is 17.4 Å². The molecule has 0 heterocycles. The first-order valence-corrected chi connectivity index (χ1v) is 4.79. The quantitative estimate of drug-likeness (QED) is 0.618. The Bertz CT molecular complexity index is 198. The molecule has 3 rings (SSSR count). The van der Waals surface area contributed by atoms with E-state index in [-0.39, 0.29) is 0 Å². The second-order valence-corrected chi connectivity index (χ2v) is 4.79. The first-order chi connectivity index (χ1) is 5.66. The minimum atomic E-state index is 0.405. The molecule has 1 radical (unpaired) electrons. The van der Waals surface area contributed by atoms with Gasteiger partial charge in [0, 0.05) is 6.04 Å². The van der Waals surface area contributed by atoms with Crippen LogP contribution in [0.1, 0.15) is 33.1 Å². The topological polar surface area (TPSA) is 29.1 Å². The average molecular weight is 166 g/mol. The van der Waals surface area contributed by atoms with Crippen LogP contribution in [0.3, 0.4) is 0 Å². The molecule has 3 aliphatic rings. The van der Waals surface area contributed by atoms with E-state index < -0.39 is 0 Å². The first-order valence-electron chi connectivity index (χ1n) is 4.79. The van der Waals surface area contributed by atoms with E-state index in [0.717, 1.165) is 12.3 Å². The van der Waals surface area contributed by atoms with Crippen LogP contribution in [-0.2, 0) is 4.79 Å². The Labute approximate surface area is 73.7 Å². The number of hydrogen-bond donors (Lipinski definition) is 1. The molecule has 1 amide bonds. The molecule has 3 aliphatic carbocycles. The lowest BCUT2D eigenvalue weighted by atomic mass is 9.47. The fourth-order valence-corrected chi connectivity index (χ4v) is 3.06. The molecule has 2 nitrogen and oxygen atoms in total. The van der Waals surface area contributed by atoms with Gasteiger partial charge in [0.1, 0.15) is 0 Å². The van der Waals surface area contributed by atoms with Gasteiger partial charge < -0.3 is 5.32 Å². The summed E-state index contributed by atoms with van der Waals surface area (Å²) in [6.45, 7) is 4.65. The van der Waals surface area contributed by atoms with Crippen LogP contribution in [0.5, 0.6) is 0 Å². The summed E-state index contributed by atoms with van der Waals surface area (Å²) in [5.74, 6) is 1.62. The number of carbonyl (C=O) groups excluding carboxylic acids is 1. The molecule has 0 aliphatic heterocycles. The Hall–Kier alpha value is -0.530. The summed E-state index contributed by atoms with van der Waals surface area (Å²) in [4.78, 5) is 10.2. The normalized spacial score (nSPS) is 43.0. The lowest BCUT2D eigenvalue weighted by Crippen LogP contribution is -2.58. The molecular formula is C10H16NO. The summed E-state index contributed by atoms with van der Waals surface area (Å²) in [6, 6.07) is 0.405. The van der Waals surface area contributed by atoms with Crippen molar-refractivity contribution < 1.29 is 4.79 Å². The summed E-state index contributed by atoms with van der Waals surface area (Å²) >= 11 is 0. The van der Waals surface area contributed by atoms with Crippen molar-refractivity contribution in [2.24, 2.45) is 17.3 Å². The van der Waals surface area contributed by atoms with E-state index in [2.05, 4.69) is 19.2 Å². The fraction of sp³-hybridized carbons (Fsp3) is 0.900. The van der Waals surface area contributed by atoms with Gasteiger partial charge in [-0.2, -0.15) is 0 Å². The molecule has 0 aromatic carbocycles. The Balaban J connectivity index is 2.05. The minimum Gasteiger partial charge on any atom is -0.345 e. The predicted octanol–water partition coefficient (Wildman–Crippen LogP) is 1.47. The van der Waals surface area contributed by atoms with E-state index in [1.54, 1.807) is 0 Å². The lowest BCUT2D eigenvalue weighted by Gasteiger charge is -2.59. The van der Waals surface area contributed by atoms with Gasteiger partial charge >= 0.3 is 6.41 Å².